The van der Waals surface area contributed by atoms with E-state index in [1.54, 1.807) is 6.92 Å². The topological polar surface area (TPSA) is 29.1 Å². The molecule has 0 heterocycles. The molecule has 0 aromatic heterocycles. The van der Waals surface area contributed by atoms with Gasteiger partial charge in [-0.25, -0.2) is 0 Å². The van der Waals surface area contributed by atoms with Gasteiger partial charge in [0.1, 0.15) is 0 Å². The van der Waals surface area contributed by atoms with Gasteiger partial charge >= 0.3 is 0 Å². The molecule has 2 rings (SSSR count). The van der Waals surface area contributed by atoms with Gasteiger partial charge in [-0.2, -0.15) is 0 Å². The quantitative estimate of drug-likeness (QED) is 0.888. The van der Waals surface area contributed by atoms with Crippen molar-refractivity contribution in [3.8, 4) is 0 Å². The second-order valence-corrected chi connectivity index (χ2v) is 4.74. The van der Waals surface area contributed by atoms with Gasteiger partial charge in [0, 0.05) is 19.4 Å². The lowest BCUT2D eigenvalue weighted by Gasteiger charge is -2.17. The van der Waals surface area contributed by atoms with Crippen molar-refractivity contribution in [1.82, 2.24) is 5.32 Å². The first-order chi connectivity index (χ1) is 9.18. The van der Waals surface area contributed by atoms with Crippen molar-refractivity contribution >= 4 is 5.91 Å². The van der Waals surface area contributed by atoms with E-state index in [1.807, 2.05) is 18.2 Å². The molecule has 0 saturated carbocycles. The number of benzene rings is 2. The molecule has 19 heavy (non-hydrogen) atoms. The van der Waals surface area contributed by atoms with Crippen LogP contribution in [0.3, 0.4) is 0 Å². The molecule has 1 unspecified atom stereocenters. The Labute approximate surface area is 114 Å². The van der Waals surface area contributed by atoms with E-state index in [2.05, 4.69) is 48.6 Å². The average Bonchev–Trinajstić information content (AvgIpc) is 2.45. The van der Waals surface area contributed by atoms with Gasteiger partial charge in [-0.3, -0.25) is 4.79 Å². The van der Waals surface area contributed by atoms with E-state index in [9.17, 15) is 4.79 Å². The third-order valence-corrected chi connectivity index (χ3v) is 3.35. The van der Waals surface area contributed by atoms with Crippen LogP contribution in [0.5, 0.6) is 0 Å². The molecule has 0 saturated heterocycles. The highest BCUT2D eigenvalue weighted by Gasteiger charge is 2.11. The van der Waals surface area contributed by atoms with Crippen LogP contribution in [0.15, 0.2) is 54.6 Å². The van der Waals surface area contributed by atoms with E-state index in [0.29, 0.717) is 12.5 Å². The fourth-order valence-electron chi connectivity index (χ4n) is 2.26. The highest BCUT2D eigenvalue weighted by molar-refractivity contribution is 5.72. The molecule has 2 aromatic rings. The zero-order chi connectivity index (χ0) is 13.7. The Bertz CT molecular complexity index is 548. The molecule has 0 aliphatic rings. The Morgan fingerprint density at radius 3 is 2.37 bits per heavy atom. The summed E-state index contributed by atoms with van der Waals surface area (Å²) in [6, 6.07) is 18.7. The van der Waals surface area contributed by atoms with Crippen molar-refractivity contribution in [1.29, 1.82) is 0 Å². The van der Waals surface area contributed by atoms with E-state index in [-0.39, 0.29) is 5.91 Å². The lowest BCUT2D eigenvalue weighted by atomic mass is 9.89. The summed E-state index contributed by atoms with van der Waals surface area (Å²) in [5.74, 6) is 0.327. The Morgan fingerprint density at radius 2 is 1.68 bits per heavy atom. The average molecular weight is 253 g/mol. The zero-order valence-corrected chi connectivity index (χ0v) is 11.4. The molecule has 0 aliphatic carbocycles. The summed E-state index contributed by atoms with van der Waals surface area (Å²) in [5, 5.41) is 2.87. The zero-order valence-electron chi connectivity index (χ0n) is 11.4. The second kappa shape index (κ2) is 6.19. The molecule has 0 fully saturated rings. The molecule has 98 valence electrons. The van der Waals surface area contributed by atoms with Gasteiger partial charge in [0.05, 0.1) is 0 Å². The van der Waals surface area contributed by atoms with Crippen molar-refractivity contribution in [2.75, 3.05) is 0 Å². The number of hydrogen-bond donors (Lipinski definition) is 1. The van der Waals surface area contributed by atoms with Crippen LogP contribution in [-0.4, -0.2) is 5.91 Å². The number of carbonyl (C=O) groups excluding carboxylic acids is 1. The molecule has 0 radical (unpaired) electrons. The maximum absolute atomic E-state index is 11.1. The minimum absolute atomic E-state index is 0.00201. The highest BCUT2D eigenvalue weighted by Crippen LogP contribution is 2.26. The van der Waals surface area contributed by atoms with E-state index in [4.69, 9.17) is 0 Å². The minimum Gasteiger partial charge on any atom is -0.352 e. The van der Waals surface area contributed by atoms with Gasteiger partial charge in [0.15, 0.2) is 0 Å². The predicted molar refractivity (Wildman–Crippen MR) is 77.9 cm³/mol. The first kappa shape index (κ1) is 13.3. The van der Waals surface area contributed by atoms with Crippen LogP contribution in [0, 0.1) is 0 Å². The fraction of sp³-hybridized carbons (Fsp3) is 0.235. The summed E-state index contributed by atoms with van der Waals surface area (Å²) in [7, 11) is 0. The molecule has 2 aromatic carbocycles. The van der Waals surface area contributed by atoms with Crippen LogP contribution in [0.1, 0.15) is 36.5 Å². The third-order valence-electron chi connectivity index (χ3n) is 3.35. The van der Waals surface area contributed by atoms with Crippen LogP contribution in [0.2, 0.25) is 0 Å². The first-order valence-electron chi connectivity index (χ1n) is 6.55. The SMILES string of the molecule is CC(=O)NCc1ccccc1C(C)c1ccccc1. The Morgan fingerprint density at radius 1 is 1.05 bits per heavy atom. The van der Waals surface area contributed by atoms with Crippen LogP contribution in [0.25, 0.3) is 0 Å². The summed E-state index contributed by atoms with van der Waals surface area (Å²) in [6.07, 6.45) is 0. The summed E-state index contributed by atoms with van der Waals surface area (Å²) >= 11 is 0. The van der Waals surface area contributed by atoms with E-state index in [0.717, 1.165) is 0 Å². The number of amides is 1. The van der Waals surface area contributed by atoms with E-state index >= 15 is 0 Å². The number of hydrogen-bond acceptors (Lipinski definition) is 1. The first-order valence-corrected chi connectivity index (χ1v) is 6.55. The molecular formula is C17H19NO. The van der Waals surface area contributed by atoms with Crippen LogP contribution in [0.4, 0.5) is 0 Å². The van der Waals surface area contributed by atoms with Gasteiger partial charge in [0.2, 0.25) is 5.91 Å². The summed E-state index contributed by atoms with van der Waals surface area (Å²) in [4.78, 5) is 11.1. The van der Waals surface area contributed by atoms with Crippen molar-refractivity contribution < 1.29 is 4.79 Å². The van der Waals surface area contributed by atoms with Crippen molar-refractivity contribution in [3.05, 3.63) is 71.3 Å². The molecule has 2 heteroatoms. The standard InChI is InChI=1S/C17H19NO/c1-13(15-8-4-3-5-9-15)17-11-7-6-10-16(17)12-18-14(2)19/h3-11,13H,12H2,1-2H3,(H,18,19). The highest BCUT2D eigenvalue weighted by atomic mass is 16.1. The van der Waals surface area contributed by atoms with Crippen LogP contribution < -0.4 is 5.32 Å². The van der Waals surface area contributed by atoms with Crippen molar-refractivity contribution in [3.63, 3.8) is 0 Å². The number of nitrogens with one attached hydrogen (secondary N) is 1. The smallest absolute Gasteiger partial charge is 0.217 e. The maximum Gasteiger partial charge on any atom is 0.217 e. The van der Waals surface area contributed by atoms with Gasteiger partial charge in [-0.15, -0.1) is 0 Å². The monoisotopic (exact) mass is 253 g/mol. The molecular weight excluding hydrogens is 234 g/mol. The minimum atomic E-state index is 0.00201. The molecule has 0 bridgehead atoms. The van der Waals surface area contributed by atoms with Gasteiger partial charge in [0.25, 0.3) is 0 Å². The maximum atomic E-state index is 11.1. The largest absolute Gasteiger partial charge is 0.352 e. The van der Waals surface area contributed by atoms with Crippen LogP contribution in [-0.2, 0) is 11.3 Å². The summed E-state index contributed by atoms with van der Waals surface area (Å²) < 4.78 is 0. The normalized spacial score (nSPS) is 11.9. The Balaban J connectivity index is 2.26. The van der Waals surface area contributed by atoms with Crippen molar-refractivity contribution in [2.45, 2.75) is 26.3 Å². The molecule has 1 N–H and O–H groups in total. The van der Waals surface area contributed by atoms with Crippen LogP contribution >= 0.6 is 0 Å². The number of rotatable bonds is 4. The Kier molecular flexibility index (Phi) is 4.35. The number of carbonyl (C=O) groups is 1. The fourth-order valence-corrected chi connectivity index (χ4v) is 2.26. The summed E-state index contributed by atoms with van der Waals surface area (Å²) in [6.45, 7) is 4.33. The Hall–Kier alpha value is -2.09. The second-order valence-electron chi connectivity index (χ2n) is 4.74. The van der Waals surface area contributed by atoms with Crippen molar-refractivity contribution in [2.24, 2.45) is 0 Å². The molecule has 1 amide bonds. The van der Waals surface area contributed by atoms with E-state index < -0.39 is 0 Å². The molecule has 1 atom stereocenters. The van der Waals surface area contributed by atoms with E-state index in [1.165, 1.54) is 16.7 Å². The summed E-state index contributed by atoms with van der Waals surface area (Å²) in [5.41, 5.74) is 3.73. The third kappa shape index (κ3) is 3.44. The molecule has 0 spiro atoms. The van der Waals surface area contributed by atoms with Gasteiger partial charge in [-0.1, -0.05) is 61.5 Å². The molecule has 2 nitrogen and oxygen atoms in total. The van der Waals surface area contributed by atoms with Gasteiger partial charge < -0.3 is 5.32 Å². The lowest BCUT2D eigenvalue weighted by molar-refractivity contribution is -0.119. The predicted octanol–water partition coefficient (Wildman–Crippen LogP) is 3.47. The molecule has 0 aliphatic heterocycles. The van der Waals surface area contributed by atoms with Gasteiger partial charge in [-0.05, 0) is 16.7 Å². The lowest BCUT2D eigenvalue weighted by Crippen LogP contribution is -2.20.